The van der Waals surface area contributed by atoms with E-state index in [1.54, 1.807) is 24.3 Å². The number of benzene rings is 2. The lowest BCUT2D eigenvalue weighted by atomic mass is 10.0. The van der Waals surface area contributed by atoms with Crippen molar-refractivity contribution in [3.8, 4) is 11.5 Å². The summed E-state index contributed by atoms with van der Waals surface area (Å²) in [5.74, 6) is -0.699. The molecule has 3 nitrogen and oxygen atoms in total. The number of halogens is 1. The van der Waals surface area contributed by atoms with Gasteiger partial charge in [-0.2, -0.15) is 0 Å². The highest BCUT2D eigenvalue weighted by Crippen LogP contribution is 2.27. The molecule has 0 aromatic heterocycles. The number of rotatable bonds is 2. The summed E-state index contributed by atoms with van der Waals surface area (Å²) in [4.78, 5) is 12.1. The molecule has 0 atom stereocenters. The van der Waals surface area contributed by atoms with E-state index in [-0.39, 0.29) is 22.6 Å². The molecule has 0 fully saturated rings. The molecule has 0 aliphatic rings. The average Bonchev–Trinajstić information content (AvgIpc) is 2.32. The third-order valence-corrected chi connectivity index (χ3v) is 2.67. The summed E-state index contributed by atoms with van der Waals surface area (Å²) in [6, 6.07) is 10.3. The minimum absolute atomic E-state index is 0.0260. The second kappa shape index (κ2) is 4.47. The number of ketones is 1. The Morgan fingerprint density at radius 3 is 2.41 bits per heavy atom. The monoisotopic (exact) mass is 248 g/mol. The normalized spacial score (nSPS) is 10.2. The highest BCUT2D eigenvalue weighted by Gasteiger charge is 2.16. The van der Waals surface area contributed by atoms with E-state index >= 15 is 0 Å². The van der Waals surface area contributed by atoms with E-state index < -0.39 is 5.78 Å². The van der Waals surface area contributed by atoms with Crippen molar-refractivity contribution in [3.05, 3.63) is 58.6 Å². The topological polar surface area (TPSA) is 57.5 Å². The highest BCUT2D eigenvalue weighted by molar-refractivity contribution is 6.35. The molecule has 2 aromatic rings. The molecule has 0 radical (unpaired) electrons. The smallest absolute Gasteiger partial charge is 0.198 e. The number of carbonyl (C=O) groups excluding carboxylic acids is 1. The van der Waals surface area contributed by atoms with Crippen LogP contribution in [0.1, 0.15) is 15.9 Å². The van der Waals surface area contributed by atoms with E-state index in [2.05, 4.69) is 0 Å². The van der Waals surface area contributed by atoms with Gasteiger partial charge in [0.15, 0.2) is 5.78 Å². The lowest BCUT2D eigenvalue weighted by Gasteiger charge is -2.05. The van der Waals surface area contributed by atoms with Crippen LogP contribution in [0.3, 0.4) is 0 Å². The van der Waals surface area contributed by atoms with Crippen molar-refractivity contribution in [2.24, 2.45) is 0 Å². The molecule has 0 aliphatic heterocycles. The van der Waals surface area contributed by atoms with E-state index in [4.69, 9.17) is 11.6 Å². The maximum Gasteiger partial charge on any atom is 0.198 e. The fraction of sp³-hybridized carbons (Fsp3) is 0. The van der Waals surface area contributed by atoms with E-state index in [1.807, 2.05) is 0 Å². The molecular formula is C13H9ClO3. The van der Waals surface area contributed by atoms with Gasteiger partial charge in [-0.15, -0.1) is 0 Å². The lowest BCUT2D eigenvalue weighted by Crippen LogP contribution is -2.02. The Balaban J connectivity index is 2.51. The SMILES string of the molecule is O=C(c1cc(O)ccc1O)c1ccccc1Cl. The van der Waals surface area contributed by atoms with Crippen molar-refractivity contribution >= 4 is 17.4 Å². The van der Waals surface area contributed by atoms with E-state index in [0.717, 1.165) is 0 Å². The second-order valence-electron chi connectivity index (χ2n) is 3.51. The van der Waals surface area contributed by atoms with Crippen LogP contribution in [0.5, 0.6) is 11.5 Å². The van der Waals surface area contributed by atoms with Crippen LogP contribution in [-0.2, 0) is 0 Å². The number of hydrogen-bond acceptors (Lipinski definition) is 3. The van der Waals surface area contributed by atoms with Gasteiger partial charge in [-0.1, -0.05) is 23.7 Å². The summed E-state index contributed by atoms with van der Waals surface area (Å²) in [6.45, 7) is 0. The van der Waals surface area contributed by atoms with Crippen LogP contribution in [-0.4, -0.2) is 16.0 Å². The van der Waals surface area contributed by atoms with Crippen LogP contribution in [0, 0.1) is 0 Å². The molecule has 0 heterocycles. The molecule has 0 amide bonds. The molecule has 0 bridgehead atoms. The molecule has 2 aromatic carbocycles. The number of phenols is 2. The van der Waals surface area contributed by atoms with Gasteiger partial charge in [0, 0.05) is 5.56 Å². The average molecular weight is 249 g/mol. The third-order valence-electron chi connectivity index (χ3n) is 2.34. The van der Waals surface area contributed by atoms with E-state index in [0.29, 0.717) is 5.02 Å². The van der Waals surface area contributed by atoms with Gasteiger partial charge in [-0.05, 0) is 30.3 Å². The van der Waals surface area contributed by atoms with Crippen molar-refractivity contribution in [1.82, 2.24) is 0 Å². The summed E-state index contributed by atoms with van der Waals surface area (Å²) in [7, 11) is 0. The third kappa shape index (κ3) is 2.24. The zero-order valence-corrected chi connectivity index (χ0v) is 9.48. The van der Waals surface area contributed by atoms with Gasteiger partial charge >= 0.3 is 0 Å². The van der Waals surface area contributed by atoms with Crippen molar-refractivity contribution in [2.45, 2.75) is 0 Å². The van der Waals surface area contributed by atoms with E-state index in [9.17, 15) is 15.0 Å². The van der Waals surface area contributed by atoms with Gasteiger partial charge < -0.3 is 10.2 Å². The molecular weight excluding hydrogens is 240 g/mol. The Labute approximate surface area is 103 Å². The number of phenolic OH excluding ortho intramolecular Hbond substituents is 2. The quantitative estimate of drug-likeness (QED) is 0.635. The molecule has 17 heavy (non-hydrogen) atoms. The number of aromatic hydroxyl groups is 2. The first-order valence-corrected chi connectivity index (χ1v) is 5.28. The predicted octanol–water partition coefficient (Wildman–Crippen LogP) is 2.98. The first kappa shape index (κ1) is 11.5. The zero-order valence-electron chi connectivity index (χ0n) is 8.72. The maximum absolute atomic E-state index is 12.1. The summed E-state index contributed by atoms with van der Waals surface area (Å²) in [6.07, 6.45) is 0. The Bertz CT molecular complexity index is 579. The Morgan fingerprint density at radius 1 is 1.00 bits per heavy atom. The van der Waals surface area contributed by atoms with Gasteiger partial charge in [-0.3, -0.25) is 4.79 Å². The molecule has 86 valence electrons. The number of hydrogen-bond donors (Lipinski definition) is 2. The fourth-order valence-electron chi connectivity index (χ4n) is 1.50. The van der Waals surface area contributed by atoms with Crippen LogP contribution in [0.15, 0.2) is 42.5 Å². The predicted molar refractivity (Wildman–Crippen MR) is 64.7 cm³/mol. The Kier molecular flexibility index (Phi) is 3.02. The summed E-state index contributed by atoms with van der Waals surface area (Å²) >= 11 is 5.90. The van der Waals surface area contributed by atoms with Crippen LogP contribution in [0.25, 0.3) is 0 Å². The van der Waals surface area contributed by atoms with E-state index in [1.165, 1.54) is 18.2 Å². The second-order valence-corrected chi connectivity index (χ2v) is 3.92. The molecule has 0 spiro atoms. The molecule has 0 saturated carbocycles. The molecule has 0 saturated heterocycles. The Morgan fingerprint density at radius 2 is 1.71 bits per heavy atom. The molecule has 0 aliphatic carbocycles. The fourth-order valence-corrected chi connectivity index (χ4v) is 1.72. The van der Waals surface area contributed by atoms with Crippen molar-refractivity contribution in [1.29, 1.82) is 0 Å². The molecule has 0 unspecified atom stereocenters. The number of carbonyl (C=O) groups is 1. The minimum Gasteiger partial charge on any atom is -0.508 e. The van der Waals surface area contributed by atoms with Gasteiger partial charge in [0.05, 0.1) is 10.6 Å². The van der Waals surface area contributed by atoms with Crippen molar-refractivity contribution < 1.29 is 15.0 Å². The first-order chi connectivity index (χ1) is 8.09. The van der Waals surface area contributed by atoms with Gasteiger partial charge in [0.1, 0.15) is 11.5 Å². The van der Waals surface area contributed by atoms with Crippen molar-refractivity contribution in [2.75, 3.05) is 0 Å². The molecule has 4 heteroatoms. The van der Waals surface area contributed by atoms with Gasteiger partial charge in [-0.25, -0.2) is 0 Å². The lowest BCUT2D eigenvalue weighted by molar-refractivity contribution is 0.103. The van der Waals surface area contributed by atoms with Crippen LogP contribution in [0.4, 0.5) is 0 Å². The summed E-state index contributed by atoms with van der Waals surface area (Å²) < 4.78 is 0. The Hall–Kier alpha value is -2.00. The highest BCUT2D eigenvalue weighted by atomic mass is 35.5. The van der Waals surface area contributed by atoms with Crippen molar-refractivity contribution in [3.63, 3.8) is 0 Å². The standard InChI is InChI=1S/C13H9ClO3/c14-11-4-2-1-3-9(11)13(17)10-7-8(15)5-6-12(10)16/h1-7,15-16H. The van der Waals surface area contributed by atoms with Gasteiger partial charge in [0.2, 0.25) is 0 Å². The summed E-state index contributed by atoms with van der Waals surface area (Å²) in [5.41, 5.74) is 0.313. The van der Waals surface area contributed by atoms with Gasteiger partial charge in [0.25, 0.3) is 0 Å². The first-order valence-electron chi connectivity index (χ1n) is 4.91. The molecule has 2 N–H and O–H groups in total. The molecule has 2 rings (SSSR count). The van der Waals surface area contributed by atoms with Crippen LogP contribution in [0.2, 0.25) is 5.02 Å². The largest absolute Gasteiger partial charge is 0.508 e. The zero-order chi connectivity index (χ0) is 12.4. The minimum atomic E-state index is -0.427. The van der Waals surface area contributed by atoms with Crippen LogP contribution >= 0.6 is 11.6 Å². The maximum atomic E-state index is 12.1. The summed E-state index contributed by atoms with van der Waals surface area (Å²) in [5, 5.41) is 19.2. The van der Waals surface area contributed by atoms with Crippen LogP contribution < -0.4 is 0 Å².